The van der Waals surface area contributed by atoms with E-state index in [0.717, 1.165) is 37.7 Å². The molecule has 0 bridgehead atoms. The van der Waals surface area contributed by atoms with E-state index in [2.05, 4.69) is 25.1 Å². The second-order valence-corrected chi connectivity index (χ2v) is 8.61. The van der Waals surface area contributed by atoms with Crippen LogP contribution in [0.3, 0.4) is 0 Å². The van der Waals surface area contributed by atoms with Crippen molar-refractivity contribution in [3.63, 3.8) is 0 Å². The van der Waals surface area contributed by atoms with Gasteiger partial charge in [-0.25, -0.2) is 14.8 Å². The number of ether oxygens (including phenoxy) is 1. The van der Waals surface area contributed by atoms with Gasteiger partial charge in [0.25, 0.3) is 5.91 Å². The van der Waals surface area contributed by atoms with Gasteiger partial charge in [-0.1, -0.05) is 18.2 Å². The Morgan fingerprint density at radius 1 is 0.974 bits per heavy atom. The van der Waals surface area contributed by atoms with Gasteiger partial charge in [0.15, 0.2) is 0 Å². The summed E-state index contributed by atoms with van der Waals surface area (Å²) in [4.78, 5) is 37.3. The third-order valence-electron chi connectivity index (χ3n) is 6.17. The molecule has 1 fully saturated rings. The summed E-state index contributed by atoms with van der Waals surface area (Å²) in [7, 11) is 0. The van der Waals surface area contributed by atoms with Crippen molar-refractivity contribution in [1.82, 2.24) is 9.97 Å². The van der Waals surface area contributed by atoms with Crippen LogP contribution in [-0.2, 0) is 4.74 Å². The Kier molecular flexibility index (Phi) is 7.30. The van der Waals surface area contributed by atoms with Gasteiger partial charge in [0.2, 0.25) is 11.6 Å². The first kappa shape index (κ1) is 24.9. The van der Waals surface area contributed by atoms with Crippen LogP contribution in [0.15, 0.2) is 77.3 Å². The van der Waals surface area contributed by atoms with Gasteiger partial charge < -0.3 is 24.3 Å². The zero-order chi connectivity index (χ0) is 26.5. The molecule has 0 atom stereocenters. The molecule has 2 aromatic carbocycles. The standard InChI is InChI=1S/C28H26FN5O4/c1-2-37-28(36)20-8-11-22(12-9-20)33-14-16-34(17-15-33)23-13-10-21(18-30-23)31-26(35)24-25(29)38-27(32-24)19-6-4-3-5-7-19/h3-13,18H,2,14-17H2,1H3,(H,31,35). The zero-order valence-corrected chi connectivity index (χ0v) is 20.8. The molecule has 1 N–H and O–H groups in total. The van der Waals surface area contributed by atoms with E-state index in [1.807, 2.05) is 24.3 Å². The van der Waals surface area contributed by atoms with Gasteiger partial charge in [0.05, 0.1) is 24.1 Å². The largest absolute Gasteiger partial charge is 0.462 e. The number of oxazole rings is 1. The molecule has 38 heavy (non-hydrogen) atoms. The van der Waals surface area contributed by atoms with Crippen molar-refractivity contribution in [2.24, 2.45) is 0 Å². The molecular weight excluding hydrogens is 489 g/mol. The van der Waals surface area contributed by atoms with Crippen LogP contribution in [0.1, 0.15) is 27.8 Å². The molecule has 2 aromatic heterocycles. The summed E-state index contributed by atoms with van der Waals surface area (Å²) in [5, 5.41) is 2.62. The van der Waals surface area contributed by atoms with Crippen LogP contribution in [0.4, 0.5) is 21.6 Å². The number of amides is 1. The first-order valence-corrected chi connectivity index (χ1v) is 12.3. The van der Waals surface area contributed by atoms with Crippen LogP contribution in [0.2, 0.25) is 0 Å². The van der Waals surface area contributed by atoms with E-state index in [-0.39, 0.29) is 11.9 Å². The molecule has 4 aromatic rings. The SMILES string of the molecule is CCOC(=O)c1ccc(N2CCN(c3ccc(NC(=O)c4nc(-c5ccccc5)oc4F)cn3)CC2)cc1. The number of benzene rings is 2. The molecule has 1 amide bonds. The number of hydrogen-bond acceptors (Lipinski definition) is 8. The number of nitrogens with one attached hydrogen (secondary N) is 1. The molecule has 0 unspecified atom stereocenters. The number of pyridine rings is 1. The van der Waals surface area contributed by atoms with Crippen molar-refractivity contribution in [2.45, 2.75) is 6.92 Å². The second-order valence-electron chi connectivity index (χ2n) is 8.61. The lowest BCUT2D eigenvalue weighted by Crippen LogP contribution is -2.46. The Morgan fingerprint density at radius 2 is 1.68 bits per heavy atom. The maximum Gasteiger partial charge on any atom is 0.338 e. The van der Waals surface area contributed by atoms with E-state index in [1.54, 1.807) is 49.4 Å². The Morgan fingerprint density at radius 3 is 2.34 bits per heavy atom. The number of esters is 1. The van der Waals surface area contributed by atoms with Crippen LogP contribution >= 0.6 is 0 Å². The third-order valence-corrected chi connectivity index (χ3v) is 6.17. The van der Waals surface area contributed by atoms with E-state index in [4.69, 9.17) is 9.15 Å². The van der Waals surface area contributed by atoms with E-state index < -0.39 is 17.6 Å². The van der Waals surface area contributed by atoms with E-state index in [0.29, 0.717) is 23.4 Å². The molecular formula is C28H26FN5O4. The molecule has 1 aliphatic heterocycles. The maximum absolute atomic E-state index is 14.3. The number of piperazine rings is 1. The van der Waals surface area contributed by atoms with Crippen LogP contribution in [0, 0.1) is 6.01 Å². The number of carbonyl (C=O) groups is 2. The van der Waals surface area contributed by atoms with Gasteiger partial charge >= 0.3 is 12.0 Å². The molecule has 1 aliphatic rings. The molecule has 5 rings (SSSR count). The fraction of sp³-hybridized carbons (Fsp3) is 0.214. The Labute approximate surface area is 218 Å². The summed E-state index contributed by atoms with van der Waals surface area (Å²) in [5.74, 6) is -0.224. The molecule has 0 aliphatic carbocycles. The predicted octanol–water partition coefficient (Wildman–Crippen LogP) is 4.63. The normalized spacial score (nSPS) is 13.3. The van der Waals surface area contributed by atoms with E-state index in [9.17, 15) is 14.0 Å². The van der Waals surface area contributed by atoms with E-state index in [1.165, 1.54) is 6.20 Å². The highest BCUT2D eigenvalue weighted by Gasteiger charge is 2.22. The van der Waals surface area contributed by atoms with Gasteiger partial charge in [-0.3, -0.25) is 4.79 Å². The second kappa shape index (κ2) is 11.1. The molecule has 10 heteroatoms. The molecule has 0 radical (unpaired) electrons. The summed E-state index contributed by atoms with van der Waals surface area (Å²) >= 11 is 0. The lowest BCUT2D eigenvalue weighted by Gasteiger charge is -2.36. The van der Waals surface area contributed by atoms with Crippen molar-refractivity contribution < 1.29 is 23.1 Å². The Balaban J connectivity index is 1.16. The van der Waals surface area contributed by atoms with E-state index >= 15 is 0 Å². The number of anilines is 3. The number of nitrogens with zero attached hydrogens (tertiary/aromatic N) is 4. The Hall–Kier alpha value is -4.73. The van der Waals surface area contributed by atoms with Crippen LogP contribution in [0.25, 0.3) is 11.5 Å². The first-order valence-electron chi connectivity index (χ1n) is 12.3. The summed E-state index contributed by atoms with van der Waals surface area (Å²) in [5.41, 5.74) is 2.15. The molecule has 0 spiro atoms. The topological polar surface area (TPSA) is 101 Å². The molecule has 9 nitrogen and oxygen atoms in total. The van der Waals surface area contributed by atoms with Crippen molar-refractivity contribution >= 4 is 29.1 Å². The highest BCUT2D eigenvalue weighted by atomic mass is 19.1. The number of halogens is 1. The number of carbonyl (C=O) groups excluding carboxylic acids is 2. The monoisotopic (exact) mass is 515 g/mol. The zero-order valence-electron chi connectivity index (χ0n) is 20.8. The lowest BCUT2D eigenvalue weighted by molar-refractivity contribution is 0.0526. The molecule has 3 heterocycles. The number of rotatable bonds is 7. The van der Waals surface area contributed by atoms with Crippen LogP contribution in [0.5, 0.6) is 0 Å². The minimum atomic E-state index is -1.04. The van der Waals surface area contributed by atoms with Gasteiger partial charge in [0.1, 0.15) is 5.82 Å². The molecule has 0 saturated carbocycles. The van der Waals surface area contributed by atoms with Gasteiger partial charge in [0, 0.05) is 37.4 Å². The number of hydrogen-bond donors (Lipinski definition) is 1. The highest BCUT2D eigenvalue weighted by Crippen LogP contribution is 2.23. The van der Waals surface area contributed by atoms with Gasteiger partial charge in [-0.2, -0.15) is 4.39 Å². The average molecular weight is 516 g/mol. The first-order chi connectivity index (χ1) is 18.5. The van der Waals surface area contributed by atoms with Crippen LogP contribution < -0.4 is 15.1 Å². The highest BCUT2D eigenvalue weighted by molar-refractivity contribution is 6.03. The average Bonchev–Trinajstić information content (AvgIpc) is 3.36. The van der Waals surface area contributed by atoms with Crippen molar-refractivity contribution in [3.05, 3.63) is 90.2 Å². The van der Waals surface area contributed by atoms with Crippen molar-refractivity contribution in [3.8, 4) is 11.5 Å². The van der Waals surface area contributed by atoms with Gasteiger partial charge in [-0.15, -0.1) is 0 Å². The molecule has 194 valence electrons. The van der Waals surface area contributed by atoms with Crippen molar-refractivity contribution in [2.75, 3.05) is 47.9 Å². The van der Waals surface area contributed by atoms with Gasteiger partial charge in [-0.05, 0) is 55.5 Å². The smallest absolute Gasteiger partial charge is 0.338 e. The third kappa shape index (κ3) is 5.49. The quantitative estimate of drug-likeness (QED) is 0.356. The summed E-state index contributed by atoms with van der Waals surface area (Å²) in [6.07, 6.45) is 1.53. The number of aromatic nitrogens is 2. The lowest BCUT2D eigenvalue weighted by atomic mass is 10.2. The fourth-order valence-corrected chi connectivity index (χ4v) is 4.20. The van der Waals surface area contributed by atoms with Crippen LogP contribution in [-0.4, -0.2) is 54.6 Å². The maximum atomic E-state index is 14.3. The summed E-state index contributed by atoms with van der Waals surface area (Å²) < 4.78 is 24.3. The summed E-state index contributed by atoms with van der Waals surface area (Å²) in [6.45, 7) is 5.21. The molecule has 1 saturated heterocycles. The fourth-order valence-electron chi connectivity index (χ4n) is 4.20. The minimum absolute atomic E-state index is 0.0378. The summed E-state index contributed by atoms with van der Waals surface area (Å²) in [6, 6.07) is 18.7. The Bertz CT molecular complexity index is 1400. The minimum Gasteiger partial charge on any atom is -0.462 e. The predicted molar refractivity (Wildman–Crippen MR) is 141 cm³/mol. The van der Waals surface area contributed by atoms with Crippen molar-refractivity contribution in [1.29, 1.82) is 0 Å².